The maximum atomic E-state index is 13.7. The summed E-state index contributed by atoms with van der Waals surface area (Å²) >= 11 is 0. The predicted octanol–water partition coefficient (Wildman–Crippen LogP) is 3.73. The van der Waals surface area contributed by atoms with E-state index in [2.05, 4.69) is 10.6 Å². The van der Waals surface area contributed by atoms with E-state index in [9.17, 15) is 14.0 Å². The van der Waals surface area contributed by atoms with Crippen molar-refractivity contribution >= 4 is 17.7 Å². The number of hydrogen-bond acceptors (Lipinski definition) is 2. The Balaban J connectivity index is 2.02. The first-order valence-electron chi connectivity index (χ1n) is 8.03. The zero-order chi connectivity index (χ0) is 18.2. The number of carboxylic acids is 1. The Morgan fingerprint density at radius 1 is 1.16 bits per heavy atom. The summed E-state index contributed by atoms with van der Waals surface area (Å²) in [5, 5.41) is 14.1. The summed E-state index contributed by atoms with van der Waals surface area (Å²) in [4.78, 5) is 23.0. The van der Waals surface area contributed by atoms with E-state index in [0.29, 0.717) is 6.42 Å². The highest BCUT2D eigenvalue weighted by molar-refractivity contribution is 5.89. The van der Waals surface area contributed by atoms with E-state index in [1.807, 2.05) is 30.3 Å². The van der Waals surface area contributed by atoms with Crippen molar-refractivity contribution < 1.29 is 19.1 Å². The maximum Gasteiger partial charge on any atom is 0.319 e. The van der Waals surface area contributed by atoms with Crippen LogP contribution >= 0.6 is 0 Å². The lowest BCUT2D eigenvalue weighted by Crippen LogP contribution is -2.39. The average molecular weight is 344 g/mol. The first kappa shape index (κ1) is 18.4. The molecule has 2 aromatic rings. The zero-order valence-electron chi connectivity index (χ0n) is 14.0. The molecule has 3 N–H and O–H groups in total. The number of urea groups is 1. The van der Waals surface area contributed by atoms with Gasteiger partial charge in [-0.3, -0.25) is 4.79 Å². The number of hydrogen-bond donors (Lipinski definition) is 3. The molecule has 0 saturated carbocycles. The lowest BCUT2D eigenvalue weighted by molar-refractivity contribution is -0.137. The SMILES string of the molecule is Cc1ccc(F)c(NC(=O)NC(CCC(=O)O)Cc2ccccc2)c1. The van der Waals surface area contributed by atoms with Crippen LogP contribution in [0.1, 0.15) is 24.0 Å². The Bertz CT molecular complexity index is 735. The lowest BCUT2D eigenvalue weighted by atomic mass is 10.0. The smallest absolute Gasteiger partial charge is 0.319 e. The largest absolute Gasteiger partial charge is 0.481 e. The molecule has 132 valence electrons. The van der Waals surface area contributed by atoms with Gasteiger partial charge in [0.15, 0.2) is 0 Å². The van der Waals surface area contributed by atoms with Gasteiger partial charge in [-0.25, -0.2) is 9.18 Å². The monoisotopic (exact) mass is 344 g/mol. The number of aryl methyl sites for hydroxylation is 1. The van der Waals surface area contributed by atoms with Crippen LogP contribution in [0.4, 0.5) is 14.9 Å². The van der Waals surface area contributed by atoms with Crippen LogP contribution in [-0.4, -0.2) is 23.1 Å². The van der Waals surface area contributed by atoms with Gasteiger partial charge in [0.1, 0.15) is 5.82 Å². The van der Waals surface area contributed by atoms with E-state index in [-0.39, 0.29) is 24.6 Å². The van der Waals surface area contributed by atoms with Gasteiger partial charge in [0, 0.05) is 12.5 Å². The van der Waals surface area contributed by atoms with Crippen LogP contribution < -0.4 is 10.6 Å². The minimum absolute atomic E-state index is 0.0589. The summed E-state index contributed by atoms with van der Waals surface area (Å²) in [7, 11) is 0. The van der Waals surface area contributed by atoms with E-state index in [1.54, 1.807) is 19.1 Å². The van der Waals surface area contributed by atoms with Gasteiger partial charge >= 0.3 is 12.0 Å². The molecule has 2 rings (SSSR count). The lowest BCUT2D eigenvalue weighted by Gasteiger charge is -2.19. The fraction of sp³-hybridized carbons (Fsp3) is 0.263. The predicted molar refractivity (Wildman–Crippen MR) is 94.1 cm³/mol. The van der Waals surface area contributed by atoms with E-state index in [1.165, 1.54) is 6.07 Å². The number of rotatable bonds is 7. The molecule has 1 atom stereocenters. The fourth-order valence-electron chi connectivity index (χ4n) is 2.50. The van der Waals surface area contributed by atoms with Gasteiger partial charge in [-0.1, -0.05) is 36.4 Å². The molecule has 0 heterocycles. The minimum atomic E-state index is -0.926. The Labute approximate surface area is 145 Å². The van der Waals surface area contributed by atoms with Gasteiger partial charge in [-0.2, -0.15) is 0 Å². The number of benzene rings is 2. The molecule has 6 heteroatoms. The third-order valence-electron chi connectivity index (χ3n) is 3.74. The highest BCUT2D eigenvalue weighted by Gasteiger charge is 2.16. The van der Waals surface area contributed by atoms with E-state index in [0.717, 1.165) is 11.1 Å². The van der Waals surface area contributed by atoms with Crippen molar-refractivity contribution in [2.45, 2.75) is 32.2 Å². The summed E-state index contributed by atoms with van der Waals surface area (Å²) in [6, 6.07) is 13.0. The number of amides is 2. The van der Waals surface area contributed by atoms with Crippen LogP contribution in [0, 0.1) is 12.7 Å². The molecule has 0 saturated heterocycles. The molecule has 0 fully saturated rings. The molecule has 0 bridgehead atoms. The first-order valence-corrected chi connectivity index (χ1v) is 8.03. The third kappa shape index (κ3) is 6.25. The number of nitrogens with one attached hydrogen (secondary N) is 2. The molecule has 0 radical (unpaired) electrons. The van der Waals surface area contributed by atoms with Crippen molar-refractivity contribution in [3.8, 4) is 0 Å². The third-order valence-corrected chi connectivity index (χ3v) is 3.74. The zero-order valence-corrected chi connectivity index (χ0v) is 14.0. The molecule has 1 unspecified atom stereocenters. The number of aliphatic carboxylic acids is 1. The number of carboxylic acid groups (broad SMARTS) is 1. The molecule has 0 aliphatic carbocycles. The second-order valence-corrected chi connectivity index (χ2v) is 5.90. The fourth-order valence-corrected chi connectivity index (χ4v) is 2.50. The summed E-state index contributed by atoms with van der Waals surface area (Å²) in [6.07, 6.45) is 0.725. The Hall–Kier alpha value is -2.89. The highest BCUT2D eigenvalue weighted by atomic mass is 19.1. The molecule has 0 aliphatic rings. The van der Waals surface area contributed by atoms with Crippen molar-refractivity contribution in [3.05, 3.63) is 65.5 Å². The highest BCUT2D eigenvalue weighted by Crippen LogP contribution is 2.16. The van der Waals surface area contributed by atoms with Crippen LogP contribution in [0.15, 0.2) is 48.5 Å². The molecule has 5 nitrogen and oxygen atoms in total. The van der Waals surface area contributed by atoms with Crippen molar-refractivity contribution in [1.29, 1.82) is 0 Å². The summed E-state index contributed by atoms with van der Waals surface area (Å²) in [5.74, 6) is -1.45. The van der Waals surface area contributed by atoms with Gasteiger partial charge in [0.25, 0.3) is 0 Å². The average Bonchev–Trinajstić information content (AvgIpc) is 2.57. The van der Waals surface area contributed by atoms with Crippen molar-refractivity contribution in [1.82, 2.24) is 5.32 Å². The van der Waals surface area contributed by atoms with E-state index in [4.69, 9.17) is 5.11 Å². The van der Waals surface area contributed by atoms with Crippen LogP contribution in [0.5, 0.6) is 0 Å². The number of carbonyl (C=O) groups is 2. The molecular formula is C19H21FN2O3. The number of carbonyl (C=O) groups excluding carboxylic acids is 1. The van der Waals surface area contributed by atoms with Crippen molar-refractivity contribution in [2.75, 3.05) is 5.32 Å². The van der Waals surface area contributed by atoms with Gasteiger partial charge in [0.05, 0.1) is 5.69 Å². The minimum Gasteiger partial charge on any atom is -0.481 e. The number of anilines is 1. The molecule has 25 heavy (non-hydrogen) atoms. The quantitative estimate of drug-likeness (QED) is 0.716. The van der Waals surface area contributed by atoms with Crippen molar-refractivity contribution in [2.24, 2.45) is 0 Å². The molecule has 0 aliphatic heterocycles. The van der Waals surface area contributed by atoms with Crippen molar-refractivity contribution in [3.63, 3.8) is 0 Å². The maximum absolute atomic E-state index is 13.7. The second-order valence-electron chi connectivity index (χ2n) is 5.90. The standard InChI is InChI=1S/C19H21FN2O3/c1-13-7-9-16(20)17(11-13)22-19(25)21-15(8-10-18(23)24)12-14-5-3-2-4-6-14/h2-7,9,11,15H,8,10,12H2,1H3,(H,23,24)(H2,21,22,25). The van der Waals surface area contributed by atoms with Crippen LogP contribution in [0.25, 0.3) is 0 Å². The molecule has 0 aromatic heterocycles. The number of halogens is 1. The van der Waals surface area contributed by atoms with Crippen LogP contribution in [0.3, 0.4) is 0 Å². The summed E-state index contributed by atoms with van der Waals surface area (Å²) in [5.41, 5.74) is 1.90. The Morgan fingerprint density at radius 3 is 2.56 bits per heavy atom. The molecular weight excluding hydrogens is 323 g/mol. The summed E-state index contributed by atoms with van der Waals surface area (Å²) < 4.78 is 13.7. The molecule has 2 aromatic carbocycles. The topological polar surface area (TPSA) is 78.4 Å². The molecule has 2 amide bonds. The van der Waals surface area contributed by atoms with Crippen LogP contribution in [0.2, 0.25) is 0 Å². The van der Waals surface area contributed by atoms with Crippen LogP contribution in [-0.2, 0) is 11.2 Å². The second kappa shape index (κ2) is 8.82. The Kier molecular flexibility index (Phi) is 6.51. The van der Waals surface area contributed by atoms with Gasteiger partial charge in [0.2, 0.25) is 0 Å². The van der Waals surface area contributed by atoms with Gasteiger partial charge < -0.3 is 15.7 Å². The summed E-state index contributed by atoms with van der Waals surface area (Å²) in [6.45, 7) is 1.80. The van der Waals surface area contributed by atoms with E-state index >= 15 is 0 Å². The first-order chi connectivity index (χ1) is 11.9. The van der Waals surface area contributed by atoms with Gasteiger partial charge in [-0.15, -0.1) is 0 Å². The van der Waals surface area contributed by atoms with Gasteiger partial charge in [-0.05, 0) is 43.0 Å². The normalized spacial score (nSPS) is 11.6. The molecule has 0 spiro atoms. The van der Waals surface area contributed by atoms with E-state index < -0.39 is 17.8 Å². The Morgan fingerprint density at radius 2 is 1.88 bits per heavy atom.